The SMILES string of the molecule is O=C1CC(Br)CN1c1cccnc1[N+](=O)[O-]. The Morgan fingerprint density at radius 3 is 2.94 bits per heavy atom. The van der Waals surface area contributed by atoms with E-state index >= 15 is 0 Å². The molecule has 1 amide bonds. The number of aromatic nitrogens is 1. The Bertz CT molecular complexity index is 451. The molecular formula is C9H8BrN3O3. The average molecular weight is 286 g/mol. The van der Waals surface area contributed by atoms with Crippen LogP contribution in [0.15, 0.2) is 18.3 Å². The zero-order valence-corrected chi connectivity index (χ0v) is 9.75. The van der Waals surface area contributed by atoms with Gasteiger partial charge in [0.25, 0.3) is 0 Å². The molecule has 1 atom stereocenters. The number of hydrogen-bond donors (Lipinski definition) is 0. The van der Waals surface area contributed by atoms with E-state index in [4.69, 9.17) is 0 Å². The van der Waals surface area contributed by atoms with Gasteiger partial charge in [-0.2, -0.15) is 0 Å². The van der Waals surface area contributed by atoms with E-state index in [0.29, 0.717) is 13.0 Å². The molecule has 7 heteroatoms. The molecule has 1 fully saturated rings. The third kappa shape index (κ3) is 1.90. The molecular weight excluding hydrogens is 278 g/mol. The molecule has 1 aromatic heterocycles. The minimum Gasteiger partial charge on any atom is -0.358 e. The van der Waals surface area contributed by atoms with Crippen molar-refractivity contribution < 1.29 is 9.72 Å². The first-order chi connectivity index (χ1) is 7.59. The summed E-state index contributed by atoms with van der Waals surface area (Å²) in [6, 6.07) is 3.12. The number of nitrogens with zero attached hydrogens (tertiary/aromatic N) is 3. The number of rotatable bonds is 2. The summed E-state index contributed by atoms with van der Waals surface area (Å²) in [7, 11) is 0. The minimum absolute atomic E-state index is 0.0415. The molecule has 1 aromatic rings. The molecule has 2 rings (SSSR count). The van der Waals surface area contributed by atoms with Crippen molar-refractivity contribution in [1.29, 1.82) is 0 Å². The Kier molecular flexibility index (Phi) is 2.86. The molecule has 1 aliphatic rings. The van der Waals surface area contributed by atoms with Gasteiger partial charge in [0.15, 0.2) is 0 Å². The topological polar surface area (TPSA) is 76.3 Å². The number of alkyl halides is 1. The summed E-state index contributed by atoms with van der Waals surface area (Å²) in [5.74, 6) is -0.407. The highest BCUT2D eigenvalue weighted by atomic mass is 79.9. The molecule has 2 heterocycles. The van der Waals surface area contributed by atoms with Crippen LogP contribution >= 0.6 is 15.9 Å². The van der Waals surface area contributed by atoms with E-state index in [2.05, 4.69) is 20.9 Å². The maximum Gasteiger partial charge on any atom is 0.387 e. The second-order valence-electron chi connectivity index (χ2n) is 3.41. The molecule has 84 valence electrons. The van der Waals surface area contributed by atoms with Crippen LogP contribution in [-0.2, 0) is 4.79 Å². The second kappa shape index (κ2) is 4.17. The summed E-state index contributed by atoms with van der Waals surface area (Å²) in [6.07, 6.45) is 1.69. The van der Waals surface area contributed by atoms with Gasteiger partial charge in [0.1, 0.15) is 11.9 Å². The average Bonchev–Trinajstić information content (AvgIpc) is 2.57. The quantitative estimate of drug-likeness (QED) is 0.469. The van der Waals surface area contributed by atoms with Gasteiger partial charge in [-0.1, -0.05) is 15.9 Å². The van der Waals surface area contributed by atoms with Crippen molar-refractivity contribution in [2.24, 2.45) is 0 Å². The second-order valence-corrected chi connectivity index (χ2v) is 4.70. The molecule has 0 bridgehead atoms. The third-order valence-electron chi connectivity index (χ3n) is 2.31. The lowest BCUT2D eigenvalue weighted by atomic mass is 10.3. The molecule has 0 radical (unpaired) electrons. The maximum absolute atomic E-state index is 11.6. The monoisotopic (exact) mass is 285 g/mol. The molecule has 0 spiro atoms. The molecule has 1 aliphatic heterocycles. The van der Waals surface area contributed by atoms with Gasteiger partial charge in [0, 0.05) is 17.8 Å². The number of anilines is 1. The van der Waals surface area contributed by atoms with Crippen molar-refractivity contribution in [2.45, 2.75) is 11.2 Å². The fourth-order valence-corrected chi connectivity index (χ4v) is 2.20. The van der Waals surface area contributed by atoms with Crippen molar-refractivity contribution >= 4 is 33.3 Å². The zero-order valence-electron chi connectivity index (χ0n) is 8.17. The van der Waals surface area contributed by atoms with Crippen LogP contribution in [0.4, 0.5) is 11.5 Å². The Hall–Kier alpha value is -1.50. The summed E-state index contributed by atoms with van der Waals surface area (Å²) in [5.41, 5.74) is 0.263. The number of hydrogen-bond acceptors (Lipinski definition) is 4. The zero-order chi connectivity index (χ0) is 11.7. The van der Waals surface area contributed by atoms with E-state index in [1.165, 1.54) is 17.2 Å². The molecule has 6 nitrogen and oxygen atoms in total. The lowest BCUT2D eigenvalue weighted by Crippen LogP contribution is -2.25. The van der Waals surface area contributed by atoms with E-state index in [-0.39, 0.29) is 22.2 Å². The van der Waals surface area contributed by atoms with Gasteiger partial charge in [-0.25, -0.2) is 0 Å². The van der Waals surface area contributed by atoms with Crippen LogP contribution in [0.2, 0.25) is 0 Å². The molecule has 1 unspecified atom stereocenters. The van der Waals surface area contributed by atoms with Gasteiger partial charge < -0.3 is 15.0 Å². The lowest BCUT2D eigenvalue weighted by molar-refractivity contribution is -0.388. The molecule has 1 saturated heterocycles. The highest BCUT2D eigenvalue weighted by Gasteiger charge is 2.33. The summed E-state index contributed by atoms with van der Waals surface area (Å²) in [5, 5.41) is 10.8. The predicted molar refractivity (Wildman–Crippen MR) is 60.6 cm³/mol. The summed E-state index contributed by atoms with van der Waals surface area (Å²) in [4.78, 5) is 26.9. The molecule has 0 aliphatic carbocycles. The number of nitro groups is 1. The van der Waals surface area contributed by atoms with Crippen molar-refractivity contribution in [3.63, 3.8) is 0 Å². The van der Waals surface area contributed by atoms with Gasteiger partial charge in [0.2, 0.25) is 5.91 Å². The molecule has 16 heavy (non-hydrogen) atoms. The van der Waals surface area contributed by atoms with Crippen molar-refractivity contribution in [1.82, 2.24) is 4.98 Å². The van der Waals surface area contributed by atoms with Gasteiger partial charge in [-0.15, -0.1) is 0 Å². The minimum atomic E-state index is -0.579. The third-order valence-corrected chi connectivity index (χ3v) is 2.92. The van der Waals surface area contributed by atoms with Crippen LogP contribution in [0.3, 0.4) is 0 Å². The van der Waals surface area contributed by atoms with Gasteiger partial charge in [-0.3, -0.25) is 4.79 Å². The standard InChI is InChI=1S/C9H8BrN3O3/c10-6-4-8(14)12(5-6)7-2-1-3-11-9(7)13(15)16/h1-3,6H,4-5H2. The summed E-state index contributed by atoms with van der Waals surface area (Å²) < 4.78 is 0. The van der Waals surface area contributed by atoms with E-state index in [0.717, 1.165) is 0 Å². The smallest absolute Gasteiger partial charge is 0.358 e. The Labute approximate surface area is 99.5 Å². The number of amides is 1. The fraction of sp³-hybridized carbons (Fsp3) is 0.333. The Morgan fingerprint density at radius 1 is 1.62 bits per heavy atom. The molecule has 0 saturated carbocycles. The van der Waals surface area contributed by atoms with Gasteiger partial charge >= 0.3 is 5.82 Å². The van der Waals surface area contributed by atoms with Crippen LogP contribution < -0.4 is 4.90 Å². The van der Waals surface area contributed by atoms with Gasteiger partial charge in [0.05, 0.1) is 0 Å². The van der Waals surface area contributed by atoms with Crippen molar-refractivity contribution in [3.05, 3.63) is 28.4 Å². The first-order valence-electron chi connectivity index (χ1n) is 4.63. The van der Waals surface area contributed by atoms with Crippen LogP contribution in [-0.4, -0.2) is 27.2 Å². The molecule has 0 N–H and O–H groups in total. The largest absolute Gasteiger partial charge is 0.387 e. The Morgan fingerprint density at radius 2 is 2.38 bits per heavy atom. The van der Waals surface area contributed by atoms with Crippen LogP contribution in [0.5, 0.6) is 0 Å². The number of pyridine rings is 1. The number of carbonyl (C=O) groups excluding carboxylic acids is 1. The summed E-state index contributed by atoms with van der Waals surface area (Å²) >= 11 is 3.33. The maximum atomic E-state index is 11.6. The van der Waals surface area contributed by atoms with Gasteiger partial charge in [-0.05, 0) is 22.0 Å². The first kappa shape index (κ1) is 11.0. The highest BCUT2D eigenvalue weighted by Crippen LogP contribution is 2.30. The van der Waals surface area contributed by atoms with E-state index in [1.807, 2.05) is 0 Å². The first-order valence-corrected chi connectivity index (χ1v) is 5.55. The van der Waals surface area contributed by atoms with Crippen LogP contribution in [0.1, 0.15) is 6.42 Å². The Balaban J connectivity index is 2.40. The van der Waals surface area contributed by atoms with Crippen molar-refractivity contribution in [2.75, 3.05) is 11.4 Å². The van der Waals surface area contributed by atoms with E-state index in [1.54, 1.807) is 6.07 Å². The lowest BCUT2D eigenvalue weighted by Gasteiger charge is -2.14. The van der Waals surface area contributed by atoms with Crippen LogP contribution in [0.25, 0.3) is 0 Å². The summed E-state index contributed by atoms with van der Waals surface area (Å²) in [6.45, 7) is 0.436. The van der Waals surface area contributed by atoms with Crippen molar-refractivity contribution in [3.8, 4) is 0 Å². The van der Waals surface area contributed by atoms with E-state index in [9.17, 15) is 14.9 Å². The highest BCUT2D eigenvalue weighted by molar-refractivity contribution is 9.09. The number of halogens is 1. The number of carbonyl (C=O) groups is 1. The normalized spacial score (nSPS) is 20.2. The van der Waals surface area contributed by atoms with E-state index < -0.39 is 4.92 Å². The fourth-order valence-electron chi connectivity index (χ4n) is 1.64. The molecule has 0 aromatic carbocycles. The van der Waals surface area contributed by atoms with Crippen LogP contribution in [0, 0.1) is 10.1 Å². The predicted octanol–water partition coefficient (Wildman–Crippen LogP) is 1.49.